The van der Waals surface area contributed by atoms with Gasteiger partial charge in [-0.3, -0.25) is 4.79 Å². The van der Waals surface area contributed by atoms with Gasteiger partial charge in [0.2, 0.25) is 11.9 Å². The molecule has 0 unspecified atom stereocenters. The minimum Gasteiger partial charge on any atom is -0.487 e. The molecule has 0 atom stereocenters. The third-order valence-corrected chi connectivity index (χ3v) is 7.96. The van der Waals surface area contributed by atoms with E-state index in [0.29, 0.717) is 11.6 Å². The van der Waals surface area contributed by atoms with Crippen LogP contribution in [0.15, 0.2) is 42.3 Å². The van der Waals surface area contributed by atoms with Crippen LogP contribution in [0.25, 0.3) is 10.2 Å². The maximum atomic E-state index is 14.9. The minimum atomic E-state index is -0.404. The molecule has 0 spiro atoms. The molecule has 3 N–H and O–H groups in total. The molecule has 2 aliphatic rings. The standard InChI is InChI=1S/C27H33FN6O2S/c1-3-24(35)29-17-4-6-18(7-5-17)30-26-25-22(12-15-37-25)32-27(33-26)31-19-8-9-23(21(28)16-19)36-20-10-13-34(2)14-11-20/h3,8-9,12,15-18,20H,1,4-7,10-11,13-14H2,2H3,(H,29,35)(H2,30,31,32,33). The van der Waals surface area contributed by atoms with Crippen molar-refractivity contribution in [2.45, 2.75) is 56.7 Å². The predicted octanol–water partition coefficient (Wildman–Crippen LogP) is 5.07. The molecule has 37 heavy (non-hydrogen) atoms. The summed E-state index contributed by atoms with van der Waals surface area (Å²) in [6, 6.07) is 7.27. The molecule has 1 saturated heterocycles. The number of nitrogens with zero attached hydrogens (tertiary/aromatic N) is 3. The van der Waals surface area contributed by atoms with Gasteiger partial charge in [0.05, 0.1) is 10.2 Å². The Morgan fingerprint density at radius 2 is 1.89 bits per heavy atom. The molecule has 1 aliphatic heterocycles. The second kappa shape index (κ2) is 11.4. The van der Waals surface area contributed by atoms with Crippen molar-refractivity contribution < 1.29 is 13.9 Å². The molecular weight excluding hydrogens is 491 g/mol. The summed E-state index contributed by atoms with van der Waals surface area (Å²) >= 11 is 1.59. The first-order valence-corrected chi connectivity index (χ1v) is 13.7. The van der Waals surface area contributed by atoms with Gasteiger partial charge in [0.25, 0.3) is 0 Å². The van der Waals surface area contributed by atoms with Gasteiger partial charge in [-0.25, -0.2) is 9.37 Å². The zero-order valence-corrected chi connectivity index (χ0v) is 21.8. The van der Waals surface area contributed by atoms with Crippen LogP contribution in [0.1, 0.15) is 38.5 Å². The molecule has 5 rings (SSSR count). The number of rotatable bonds is 8. The summed E-state index contributed by atoms with van der Waals surface area (Å²) in [5.74, 6) is 0.921. The number of benzene rings is 1. The van der Waals surface area contributed by atoms with Crippen LogP contribution in [0.4, 0.5) is 21.8 Å². The van der Waals surface area contributed by atoms with Crippen molar-refractivity contribution >= 4 is 44.9 Å². The first kappa shape index (κ1) is 25.4. The first-order valence-electron chi connectivity index (χ1n) is 12.8. The Kier molecular flexibility index (Phi) is 7.85. The van der Waals surface area contributed by atoms with Crippen LogP contribution >= 0.6 is 11.3 Å². The van der Waals surface area contributed by atoms with Crippen LogP contribution in [-0.2, 0) is 4.79 Å². The Morgan fingerprint density at radius 3 is 2.62 bits per heavy atom. The highest BCUT2D eigenvalue weighted by Crippen LogP contribution is 2.32. The Morgan fingerprint density at radius 1 is 1.14 bits per heavy atom. The molecule has 196 valence electrons. The lowest BCUT2D eigenvalue weighted by atomic mass is 9.91. The summed E-state index contributed by atoms with van der Waals surface area (Å²) < 4.78 is 21.8. The van der Waals surface area contributed by atoms with Crippen molar-refractivity contribution in [2.75, 3.05) is 30.8 Å². The van der Waals surface area contributed by atoms with E-state index >= 15 is 0 Å². The van der Waals surface area contributed by atoms with Crippen molar-refractivity contribution in [3.63, 3.8) is 0 Å². The summed E-state index contributed by atoms with van der Waals surface area (Å²) in [5, 5.41) is 11.7. The number of thiophene rings is 1. The number of aromatic nitrogens is 2. The SMILES string of the molecule is C=CC(=O)NC1CCC(Nc2nc(Nc3ccc(OC4CCN(C)CC4)c(F)c3)nc3ccsc23)CC1. The fourth-order valence-electron chi connectivity index (χ4n) is 4.94. The van der Waals surface area contributed by atoms with E-state index in [1.807, 2.05) is 11.4 Å². The van der Waals surface area contributed by atoms with E-state index in [4.69, 9.17) is 9.72 Å². The topological polar surface area (TPSA) is 91.4 Å². The van der Waals surface area contributed by atoms with E-state index < -0.39 is 5.82 Å². The van der Waals surface area contributed by atoms with Gasteiger partial charge in [-0.1, -0.05) is 6.58 Å². The van der Waals surface area contributed by atoms with Crippen molar-refractivity contribution in [3.8, 4) is 5.75 Å². The molecule has 1 saturated carbocycles. The monoisotopic (exact) mass is 524 g/mol. The van der Waals surface area contributed by atoms with Gasteiger partial charge in [-0.05, 0) is 75.2 Å². The Hall–Kier alpha value is -3.24. The van der Waals surface area contributed by atoms with Crippen LogP contribution < -0.4 is 20.7 Å². The van der Waals surface area contributed by atoms with Crippen molar-refractivity contribution in [1.29, 1.82) is 0 Å². The molecule has 8 nitrogen and oxygen atoms in total. The van der Waals surface area contributed by atoms with Gasteiger partial charge in [0, 0.05) is 36.9 Å². The van der Waals surface area contributed by atoms with Crippen LogP contribution in [0.3, 0.4) is 0 Å². The minimum absolute atomic E-state index is 0.0378. The Labute approximate surface area is 220 Å². The number of ether oxygens (including phenoxy) is 1. The van der Waals surface area contributed by atoms with E-state index in [1.165, 1.54) is 12.1 Å². The van der Waals surface area contributed by atoms with Gasteiger partial charge in [-0.2, -0.15) is 4.98 Å². The Balaban J connectivity index is 1.25. The second-order valence-corrected chi connectivity index (χ2v) is 10.7. The smallest absolute Gasteiger partial charge is 0.243 e. The molecular formula is C27H33FN6O2S. The molecule has 0 bridgehead atoms. The number of amides is 1. The normalized spacial score (nSPS) is 20.9. The predicted molar refractivity (Wildman–Crippen MR) is 146 cm³/mol. The van der Waals surface area contributed by atoms with E-state index in [1.54, 1.807) is 23.5 Å². The Bertz CT molecular complexity index is 1250. The number of fused-ring (bicyclic) bond motifs is 1. The highest BCUT2D eigenvalue weighted by molar-refractivity contribution is 7.17. The zero-order valence-electron chi connectivity index (χ0n) is 21.0. The maximum absolute atomic E-state index is 14.9. The molecule has 3 aromatic rings. The van der Waals surface area contributed by atoms with Crippen molar-refractivity contribution in [3.05, 3.63) is 48.1 Å². The fraction of sp³-hybridized carbons (Fsp3) is 0.444. The van der Waals surface area contributed by atoms with Crippen molar-refractivity contribution in [2.24, 2.45) is 0 Å². The molecule has 2 aromatic heterocycles. The first-order chi connectivity index (χ1) is 18.0. The van der Waals surface area contributed by atoms with E-state index in [-0.39, 0.29) is 29.8 Å². The van der Waals surface area contributed by atoms with E-state index in [9.17, 15) is 9.18 Å². The number of anilines is 3. The molecule has 10 heteroatoms. The summed E-state index contributed by atoms with van der Waals surface area (Å²) in [7, 11) is 2.09. The number of hydrogen-bond acceptors (Lipinski definition) is 8. The summed E-state index contributed by atoms with van der Waals surface area (Å²) in [6.07, 6.45) is 6.78. The van der Waals surface area contributed by atoms with Gasteiger partial charge in [0.1, 0.15) is 11.9 Å². The lowest BCUT2D eigenvalue weighted by Crippen LogP contribution is -2.39. The molecule has 1 aliphatic carbocycles. The van der Waals surface area contributed by atoms with E-state index in [2.05, 4.69) is 39.5 Å². The third kappa shape index (κ3) is 6.37. The maximum Gasteiger partial charge on any atom is 0.243 e. The number of halogens is 1. The van der Waals surface area contributed by atoms with Crippen LogP contribution in [-0.4, -0.2) is 59.1 Å². The van der Waals surface area contributed by atoms with Crippen LogP contribution in [0.5, 0.6) is 5.75 Å². The molecule has 1 aromatic carbocycles. The molecule has 2 fully saturated rings. The van der Waals surface area contributed by atoms with Crippen LogP contribution in [0.2, 0.25) is 0 Å². The lowest BCUT2D eigenvalue weighted by molar-refractivity contribution is -0.117. The number of carbonyl (C=O) groups excluding carboxylic acids is 1. The molecule has 1 amide bonds. The number of hydrogen-bond donors (Lipinski definition) is 3. The molecule has 3 heterocycles. The fourth-order valence-corrected chi connectivity index (χ4v) is 5.72. The summed E-state index contributed by atoms with van der Waals surface area (Å²) in [4.78, 5) is 23.2. The van der Waals surface area contributed by atoms with E-state index in [0.717, 1.165) is 67.6 Å². The molecule has 0 radical (unpaired) electrons. The second-order valence-electron chi connectivity index (χ2n) is 9.83. The average molecular weight is 525 g/mol. The number of piperidine rings is 1. The largest absolute Gasteiger partial charge is 0.487 e. The average Bonchev–Trinajstić information content (AvgIpc) is 3.37. The lowest BCUT2D eigenvalue weighted by Gasteiger charge is -2.30. The van der Waals surface area contributed by atoms with Crippen molar-refractivity contribution in [1.82, 2.24) is 20.2 Å². The summed E-state index contributed by atoms with van der Waals surface area (Å²) in [6.45, 7) is 5.43. The number of carbonyl (C=O) groups is 1. The van der Waals surface area contributed by atoms with Gasteiger partial charge in [0.15, 0.2) is 11.6 Å². The number of likely N-dealkylation sites (tertiary alicyclic amines) is 1. The van der Waals surface area contributed by atoms with Crippen LogP contribution in [0, 0.1) is 5.82 Å². The highest BCUT2D eigenvalue weighted by atomic mass is 32.1. The number of nitrogens with one attached hydrogen (secondary N) is 3. The third-order valence-electron chi connectivity index (χ3n) is 7.05. The quantitative estimate of drug-likeness (QED) is 0.354. The van der Waals surface area contributed by atoms with Gasteiger partial charge >= 0.3 is 0 Å². The van der Waals surface area contributed by atoms with Gasteiger partial charge < -0.3 is 25.6 Å². The highest BCUT2D eigenvalue weighted by Gasteiger charge is 2.23. The van der Waals surface area contributed by atoms with Gasteiger partial charge in [-0.15, -0.1) is 11.3 Å². The summed E-state index contributed by atoms with van der Waals surface area (Å²) in [5.41, 5.74) is 1.40. The zero-order chi connectivity index (χ0) is 25.8.